The summed E-state index contributed by atoms with van der Waals surface area (Å²) in [5, 5.41) is 8.07. The van der Waals surface area contributed by atoms with Gasteiger partial charge in [0.25, 0.3) is 5.91 Å². The topological polar surface area (TPSA) is 84.8 Å². The molecular formula is C17H22N4O4. The molecule has 1 atom stereocenters. The van der Waals surface area contributed by atoms with Crippen molar-refractivity contribution in [2.75, 3.05) is 44.3 Å². The molecule has 0 saturated carbocycles. The smallest absolute Gasteiger partial charge is 0.318 e. The zero-order valence-electron chi connectivity index (χ0n) is 14.3. The van der Waals surface area contributed by atoms with Crippen molar-refractivity contribution in [1.29, 1.82) is 0 Å². The molecule has 2 aliphatic rings. The lowest BCUT2D eigenvalue weighted by Crippen LogP contribution is -2.52. The molecule has 2 aliphatic heterocycles. The van der Waals surface area contributed by atoms with Gasteiger partial charge in [0.15, 0.2) is 0 Å². The molecule has 0 radical (unpaired) electrons. The van der Waals surface area contributed by atoms with Gasteiger partial charge in [-0.25, -0.2) is 0 Å². The third kappa shape index (κ3) is 3.26. The van der Waals surface area contributed by atoms with Crippen LogP contribution in [0.4, 0.5) is 6.01 Å². The second-order valence-corrected chi connectivity index (χ2v) is 6.92. The highest BCUT2D eigenvalue weighted by Gasteiger charge is 2.41. The first-order valence-corrected chi connectivity index (χ1v) is 8.60. The summed E-state index contributed by atoms with van der Waals surface area (Å²) in [6, 6.07) is 2.24. The zero-order valence-corrected chi connectivity index (χ0v) is 14.3. The Morgan fingerprint density at radius 3 is 2.96 bits per heavy atom. The van der Waals surface area contributed by atoms with Crippen molar-refractivity contribution in [3.8, 4) is 0 Å². The predicted octanol–water partition coefficient (Wildman–Crippen LogP) is 1.73. The minimum Gasteiger partial charge on any atom is -0.472 e. The van der Waals surface area contributed by atoms with E-state index in [9.17, 15) is 4.79 Å². The van der Waals surface area contributed by atoms with E-state index >= 15 is 0 Å². The molecule has 0 bridgehead atoms. The van der Waals surface area contributed by atoms with Crippen LogP contribution in [-0.2, 0) is 4.74 Å². The van der Waals surface area contributed by atoms with Gasteiger partial charge in [0, 0.05) is 38.5 Å². The molecule has 4 rings (SSSR count). The molecule has 2 saturated heterocycles. The number of anilines is 1. The van der Waals surface area contributed by atoms with Crippen LogP contribution >= 0.6 is 0 Å². The average molecular weight is 346 g/mol. The number of ether oxygens (including phenoxy) is 1. The number of piperidine rings is 1. The van der Waals surface area contributed by atoms with Gasteiger partial charge in [0.05, 0.1) is 25.0 Å². The Hall–Kier alpha value is -2.35. The number of nitrogens with zero attached hydrogens (tertiary/aromatic N) is 4. The summed E-state index contributed by atoms with van der Waals surface area (Å²) in [6.45, 7) is 5.88. The maximum atomic E-state index is 12.7. The van der Waals surface area contributed by atoms with Crippen LogP contribution < -0.4 is 4.90 Å². The number of rotatable bonds is 2. The van der Waals surface area contributed by atoms with Crippen LogP contribution in [-0.4, -0.2) is 60.4 Å². The first-order valence-electron chi connectivity index (χ1n) is 8.60. The van der Waals surface area contributed by atoms with Gasteiger partial charge >= 0.3 is 6.01 Å². The molecule has 1 spiro atoms. The Morgan fingerprint density at radius 2 is 2.20 bits per heavy atom. The second-order valence-electron chi connectivity index (χ2n) is 6.92. The number of aryl methyl sites for hydroxylation is 1. The number of likely N-dealkylation sites (tertiary alicyclic amines) is 1. The molecular weight excluding hydrogens is 324 g/mol. The van der Waals surface area contributed by atoms with Crippen molar-refractivity contribution in [2.24, 2.45) is 5.41 Å². The van der Waals surface area contributed by atoms with Gasteiger partial charge in [-0.15, -0.1) is 5.10 Å². The van der Waals surface area contributed by atoms with Gasteiger partial charge in [-0.3, -0.25) is 4.79 Å². The Morgan fingerprint density at radius 1 is 1.28 bits per heavy atom. The summed E-state index contributed by atoms with van der Waals surface area (Å²) < 4.78 is 16.5. The molecule has 8 heteroatoms. The molecule has 2 aromatic rings. The number of furan rings is 1. The fraction of sp³-hybridized carbons (Fsp3) is 0.588. The van der Waals surface area contributed by atoms with E-state index < -0.39 is 0 Å². The summed E-state index contributed by atoms with van der Waals surface area (Å²) in [5.74, 6) is 0.562. The maximum Gasteiger partial charge on any atom is 0.318 e. The monoisotopic (exact) mass is 346 g/mol. The largest absolute Gasteiger partial charge is 0.472 e. The number of aromatic nitrogens is 2. The highest BCUT2D eigenvalue weighted by atomic mass is 16.5. The van der Waals surface area contributed by atoms with Crippen molar-refractivity contribution >= 4 is 11.9 Å². The van der Waals surface area contributed by atoms with Gasteiger partial charge in [-0.1, -0.05) is 5.10 Å². The van der Waals surface area contributed by atoms with E-state index in [4.69, 9.17) is 13.6 Å². The molecule has 2 aromatic heterocycles. The molecule has 134 valence electrons. The molecule has 4 heterocycles. The molecule has 25 heavy (non-hydrogen) atoms. The minimum atomic E-state index is -0.128. The van der Waals surface area contributed by atoms with Gasteiger partial charge in [0.1, 0.15) is 6.26 Å². The Balaban J connectivity index is 1.53. The molecule has 2 fully saturated rings. The van der Waals surface area contributed by atoms with Crippen LogP contribution in [0.2, 0.25) is 0 Å². The number of amides is 1. The number of hydrogen-bond donors (Lipinski definition) is 0. The van der Waals surface area contributed by atoms with E-state index in [1.165, 1.54) is 12.5 Å². The summed E-state index contributed by atoms with van der Waals surface area (Å²) >= 11 is 0. The van der Waals surface area contributed by atoms with E-state index in [0.29, 0.717) is 43.8 Å². The number of hydrogen-bond acceptors (Lipinski definition) is 7. The van der Waals surface area contributed by atoms with E-state index in [0.717, 1.165) is 25.9 Å². The number of carbonyl (C=O) groups is 1. The van der Waals surface area contributed by atoms with Crippen LogP contribution in [0, 0.1) is 12.3 Å². The molecule has 1 unspecified atom stereocenters. The summed E-state index contributed by atoms with van der Waals surface area (Å²) in [4.78, 5) is 16.7. The SMILES string of the molecule is Cc1nnc(N2CCOCC3(CCCN(C(=O)c4ccoc4)C3)C2)o1. The van der Waals surface area contributed by atoms with Crippen LogP contribution in [0.3, 0.4) is 0 Å². The van der Waals surface area contributed by atoms with E-state index in [1.54, 1.807) is 13.0 Å². The van der Waals surface area contributed by atoms with Crippen molar-refractivity contribution in [3.63, 3.8) is 0 Å². The first-order chi connectivity index (χ1) is 12.2. The Labute approximate surface area is 145 Å². The molecule has 0 aromatic carbocycles. The summed E-state index contributed by atoms with van der Waals surface area (Å²) in [5.41, 5.74) is 0.465. The first kappa shape index (κ1) is 16.1. The fourth-order valence-electron chi connectivity index (χ4n) is 3.77. The maximum absolute atomic E-state index is 12.7. The lowest BCUT2D eigenvalue weighted by Gasteiger charge is -2.43. The average Bonchev–Trinajstić information content (AvgIpc) is 3.25. The van der Waals surface area contributed by atoms with E-state index in [2.05, 4.69) is 15.1 Å². The minimum absolute atomic E-state index is 0.0113. The van der Waals surface area contributed by atoms with Crippen molar-refractivity contribution < 1.29 is 18.4 Å². The molecule has 1 amide bonds. The third-order valence-corrected chi connectivity index (χ3v) is 4.94. The lowest BCUT2D eigenvalue weighted by molar-refractivity contribution is 0.0134. The van der Waals surface area contributed by atoms with Gasteiger partial charge in [0.2, 0.25) is 5.89 Å². The normalized spacial score (nSPS) is 24.5. The van der Waals surface area contributed by atoms with Crippen LogP contribution in [0.1, 0.15) is 29.1 Å². The molecule has 8 nitrogen and oxygen atoms in total. The zero-order chi connectivity index (χ0) is 17.3. The van der Waals surface area contributed by atoms with Crippen molar-refractivity contribution in [2.45, 2.75) is 19.8 Å². The molecule has 0 aliphatic carbocycles. The Kier molecular flexibility index (Phi) is 4.20. The third-order valence-electron chi connectivity index (χ3n) is 4.94. The van der Waals surface area contributed by atoms with Crippen molar-refractivity contribution in [3.05, 3.63) is 30.0 Å². The van der Waals surface area contributed by atoms with Gasteiger partial charge in [-0.05, 0) is 18.9 Å². The summed E-state index contributed by atoms with van der Waals surface area (Å²) in [7, 11) is 0. The van der Waals surface area contributed by atoms with E-state index in [-0.39, 0.29) is 11.3 Å². The highest BCUT2D eigenvalue weighted by Crippen LogP contribution is 2.34. The van der Waals surface area contributed by atoms with Crippen molar-refractivity contribution in [1.82, 2.24) is 15.1 Å². The Bertz CT molecular complexity index is 729. The van der Waals surface area contributed by atoms with Crippen LogP contribution in [0.25, 0.3) is 0 Å². The molecule has 0 N–H and O–H groups in total. The van der Waals surface area contributed by atoms with E-state index in [1.807, 2.05) is 4.90 Å². The predicted molar refractivity (Wildman–Crippen MR) is 88.3 cm³/mol. The van der Waals surface area contributed by atoms with Crippen LogP contribution in [0.5, 0.6) is 0 Å². The number of carbonyl (C=O) groups excluding carboxylic acids is 1. The summed E-state index contributed by atoms with van der Waals surface area (Å²) in [6.07, 6.45) is 4.98. The van der Waals surface area contributed by atoms with Gasteiger partial charge in [-0.2, -0.15) is 0 Å². The highest BCUT2D eigenvalue weighted by molar-refractivity contribution is 5.93. The van der Waals surface area contributed by atoms with Crippen LogP contribution in [0.15, 0.2) is 27.4 Å². The lowest BCUT2D eigenvalue weighted by atomic mass is 9.80. The second kappa shape index (κ2) is 6.51. The quantitative estimate of drug-likeness (QED) is 0.818. The fourth-order valence-corrected chi connectivity index (χ4v) is 3.77. The standard InChI is InChI=1S/C17H22N4O4/c1-13-18-19-16(25-13)21-6-8-24-12-17(11-21)4-2-5-20(10-17)15(22)14-3-7-23-9-14/h3,7,9H,2,4-6,8,10-12H2,1H3. The van der Waals surface area contributed by atoms with Gasteiger partial charge < -0.3 is 23.4 Å².